The Morgan fingerprint density at radius 1 is 1.28 bits per heavy atom. The number of aryl methyl sites for hydroxylation is 1. The van der Waals surface area contributed by atoms with Crippen LogP contribution in [0.1, 0.15) is 17.5 Å². The molecule has 1 amide bonds. The first-order chi connectivity index (χ1) is 11.9. The summed E-state index contributed by atoms with van der Waals surface area (Å²) in [6, 6.07) is 5.01. The van der Waals surface area contributed by atoms with Gasteiger partial charge in [0.1, 0.15) is 12.7 Å². The Balaban J connectivity index is 1.83. The molecule has 0 spiro atoms. The van der Waals surface area contributed by atoms with Gasteiger partial charge in [0.2, 0.25) is 5.91 Å². The van der Waals surface area contributed by atoms with E-state index in [9.17, 15) is 18.0 Å². The van der Waals surface area contributed by atoms with Crippen LogP contribution in [0.5, 0.6) is 0 Å². The van der Waals surface area contributed by atoms with Crippen LogP contribution >= 0.6 is 11.3 Å². The van der Waals surface area contributed by atoms with Gasteiger partial charge in [-0.05, 0) is 47.0 Å². The first kappa shape index (κ1) is 17.2. The SMILES string of the molecule is O=C(CCc1ccsc1)Nc1cc(C(F)(F)F)ccc1-n1cncn1. The van der Waals surface area contributed by atoms with Gasteiger partial charge >= 0.3 is 6.18 Å². The number of rotatable bonds is 5. The van der Waals surface area contributed by atoms with E-state index in [1.807, 2.05) is 16.8 Å². The van der Waals surface area contributed by atoms with Crippen molar-refractivity contribution < 1.29 is 18.0 Å². The molecule has 0 unspecified atom stereocenters. The second-order valence-corrected chi connectivity index (χ2v) is 6.03. The number of halogens is 3. The molecule has 3 aromatic rings. The van der Waals surface area contributed by atoms with Crippen molar-refractivity contribution in [2.24, 2.45) is 0 Å². The highest BCUT2D eigenvalue weighted by Crippen LogP contribution is 2.33. The number of carbonyl (C=O) groups excluding carboxylic acids is 1. The van der Waals surface area contributed by atoms with Gasteiger partial charge in [0.25, 0.3) is 0 Å². The minimum absolute atomic E-state index is 0.0376. The Morgan fingerprint density at radius 2 is 2.12 bits per heavy atom. The van der Waals surface area contributed by atoms with Crippen LogP contribution in [0.3, 0.4) is 0 Å². The van der Waals surface area contributed by atoms with Gasteiger partial charge < -0.3 is 5.32 Å². The van der Waals surface area contributed by atoms with Gasteiger partial charge in [-0.2, -0.15) is 29.6 Å². The lowest BCUT2D eigenvalue weighted by molar-refractivity contribution is -0.137. The Bertz CT molecular complexity index is 845. The standard InChI is InChI=1S/C16H13F3N4OS/c17-16(18,19)12-2-3-14(23-10-20-9-21-23)13(7-12)22-15(24)4-1-11-5-6-25-8-11/h2-3,5-10H,1,4H2,(H,22,24). The molecule has 0 atom stereocenters. The Labute approximate surface area is 145 Å². The third-order valence-electron chi connectivity index (χ3n) is 3.48. The first-order valence-corrected chi connectivity index (χ1v) is 8.25. The van der Waals surface area contributed by atoms with Gasteiger partial charge in [-0.15, -0.1) is 0 Å². The number of nitrogens with zero attached hydrogens (tertiary/aromatic N) is 3. The molecule has 0 saturated heterocycles. The van der Waals surface area contributed by atoms with Gasteiger partial charge in [0, 0.05) is 6.42 Å². The lowest BCUT2D eigenvalue weighted by Gasteiger charge is -2.14. The molecule has 130 valence electrons. The molecule has 0 aliphatic rings. The zero-order valence-electron chi connectivity index (χ0n) is 12.8. The summed E-state index contributed by atoms with van der Waals surface area (Å²) in [6.07, 6.45) is -1.20. The molecule has 0 aliphatic heterocycles. The van der Waals surface area contributed by atoms with Crippen LogP contribution in [0.15, 0.2) is 47.7 Å². The summed E-state index contributed by atoms with van der Waals surface area (Å²) < 4.78 is 40.2. The number of anilines is 1. The van der Waals surface area contributed by atoms with Crippen molar-refractivity contribution in [1.29, 1.82) is 0 Å². The number of alkyl halides is 3. The zero-order chi connectivity index (χ0) is 17.9. The third-order valence-corrected chi connectivity index (χ3v) is 4.22. The molecular weight excluding hydrogens is 353 g/mol. The van der Waals surface area contributed by atoms with Gasteiger partial charge in [-0.25, -0.2) is 9.67 Å². The number of aromatic nitrogens is 3. The van der Waals surface area contributed by atoms with E-state index in [1.54, 1.807) is 0 Å². The molecule has 1 aromatic carbocycles. The summed E-state index contributed by atoms with van der Waals surface area (Å²) >= 11 is 1.53. The van der Waals surface area contributed by atoms with Crippen LogP contribution in [0.2, 0.25) is 0 Å². The van der Waals surface area contributed by atoms with Gasteiger partial charge in [0.15, 0.2) is 0 Å². The van der Waals surface area contributed by atoms with Gasteiger partial charge in [-0.1, -0.05) is 0 Å². The van der Waals surface area contributed by atoms with Crippen LogP contribution in [0, 0.1) is 0 Å². The van der Waals surface area contributed by atoms with Crippen molar-refractivity contribution in [3.8, 4) is 5.69 Å². The summed E-state index contributed by atoms with van der Waals surface area (Å²) in [6.45, 7) is 0. The van der Waals surface area contributed by atoms with E-state index in [4.69, 9.17) is 0 Å². The molecule has 9 heteroatoms. The van der Waals surface area contributed by atoms with Crippen LogP contribution < -0.4 is 5.32 Å². The molecule has 0 saturated carbocycles. The van der Waals surface area contributed by atoms with E-state index in [-0.39, 0.29) is 18.0 Å². The summed E-state index contributed by atoms with van der Waals surface area (Å²) in [4.78, 5) is 15.9. The number of carbonyl (C=O) groups is 1. The minimum Gasteiger partial charge on any atom is -0.324 e. The van der Waals surface area contributed by atoms with Crippen molar-refractivity contribution in [2.75, 3.05) is 5.32 Å². The van der Waals surface area contributed by atoms with Crippen molar-refractivity contribution in [3.05, 3.63) is 58.8 Å². The predicted octanol–water partition coefficient (Wildman–Crippen LogP) is 3.92. The van der Waals surface area contributed by atoms with Crippen molar-refractivity contribution in [1.82, 2.24) is 14.8 Å². The monoisotopic (exact) mass is 366 g/mol. The average molecular weight is 366 g/mol. The zero-order valence-corrected chi connectivity index (χ0v) is 13.6. The Hall–Kier alpha value is -2.68. The van der Waals surface area contributed by atoms with E-state index in [2.05, 4.69) is 15.4 Å². The van der Waals surface area contributed by atoms with Crippen LogP contribution in [0.25, 0.3) is 5.69 Å². The Morgan fingerprint density at radius 3 is 2.76 bits per heavy atom. The maximum absolute atomic E-state index is 13.0. The van der Waals surface area contributed by atoms with Crippen LogP contribution in [-0.2, 0) is 17.4 Å². The molecule has 0 fully saturated rings. The highest BCUT2D eigenvalue weighted by atomic mass is 32.1. The summed E-state index contributed by atoms with van der Waals surface area (Å²) in [5.74, 6) is -0.369. The van der Waals surface area contributed by atoms with Crippen molar-refractivity contribution in [2.45, 2.75) is 19.0 Å². The van der Waals surface area contributed by atoms with E-state index >= 15 is 0 Å². The quantitative estimate of drug-likeness (QED) is 0.745. The third kappa shape index (κ3) is 4.24. The van der Waals surface area contributed by atoms with E-state index in [1.165, 1.54) is 34.7 Å². The number of hydrogen-bond acceptors (Lipinski definition) is 4. The van der Waals surface area contributed by atoms with Crippen LogP contribution in [-0.4, -0.2) is 20.7 Å². The number of thiophene rings is 1. The Kier molecular flexibility index (Phi) is 4.84. The molecule has 3 rings (SSSR count). The molecule has 2 heterocycles. The maximum Gasteiger partial charge on any atom is 0.416 e. The second-order valence-electron chi connectivity index (χ2n) is 5.25. The normalized spacial score (nSPS) is 11.5. The molecule has 5 nitrogen and oxygen atoms in total. The molecule has 25 heavy (non-hydrogen) atoms. The summed E-state index contributed by atoms with van der Waals surface area (Å²) in [5.41, 5.74) is 0.523. The van der Waals surface area contributed by atoms with E-state index < -0.39 is 11.7 Å². The highest BCUT2D eigenvalue weighted by Gasteiger charge is 2.31. The topological polar surface area (TPSA) is 59.8 Å². The molecule has 0 radical (unpaired) electrons. The maximum atomic E-state index is 13.0. The van der Waals surface area contributed by atoms with E-state index in [0.29, 0.717) is 12.1 Å². The smallest absolute Gasteiger partial charge is 0.324 e. The molecular formula is C16H13F3N4OS. The fraction of sp³-hybridized carbons (Fsp3) is 0.188. The largest absolute Gasteiger partial charge is 0.416 e. The molecule has 0 bridgehead atoms. The van der Waals surface area contributed by atoms with Gasteiger partial charge in [-0.3, -0.25) is 4.79 Å². The van der Waals surface area contributed by atoms with Crippen molar-refractivity contribution in [3.63, 3.8) is 0 Å². The minimum atomic E-state index is -4.50. The van der Waals surface area contributed by atoms with E-state index in [0.717, 1.165) is 17.7 Å². The van der Waals surface area contributed by atoms with Crippen LogP contribution in [0.4, 0.5) is 18.9 Å². The molecule has 0 aliphatic carbocycles. The molecule has 2 aromatic heterocycles. The predicted molar refractivity (Wildman–Crippen MR) is 87.6 cm³/mol. The summed E-state index contributed by atoms with van der Waals surface area (Å²) in [5, 5.41) is 10.3. The average Bonchev–Trinajstić information content (AvgIpc) is 3.26. The number of amides is 1. The molecule has 1 N–H and O–H groups in total. The summed E-state index contributed by atoms with van der Waals surface area (Å²) in [7, 11) is 0. The lowest BCUT2D eigenvalue weighted by Crippen LogP contribution is -2.16. The first-order valence-electron chi connectivity index (χ1n) is 7.30. The fourth-order valence-corrected chi connectivity index (χ4v) is 2.95. The number of benzene rings is 1. The number of hydrogen-bond donors (Lipinski definition) is 1. The second kappa shape index (κ2) is 7.06. The number of nitrogens with one attached hydrogen (secondary N) is 1. The lowest BCUT2D eigenvalue weighted by atomic mass is 10.1. The fourth-order valence-electron chi connectivity index (χ4n) is 2.25. The van der Waals surface area contributed by atoms with Gasteiger partial charge in [0.05, 0.1) is 16.9 Å². The highest BCUT2D eigenvalue weighted by molar-refractivity contribution is 7.07. The van der Waals surface area contributed by atoms with Crippen molar-refractivity contribution >= 4 is 22.9 Å².